The molecule has 0 bridgehead atoms. The van der Waals surface area contributed by atoms with Gasteiger partial charge in [-0.3, -0.25) is 18.7 Å². The number of nitrogens with zero attached hydrogens (tertiary/aromatic N) is 3. The number of allylic oxidation sites excluding steroid dienone is 1. The van der Waals surface area contributed by atoms with Crippen LogP contribution >= 0.6 is 11.6 Å². The number of ether oxygens (including phenoxy) is 1. The monoisotopic (exact) mass is 459 g/mol. The summed E-state index contributed by atoms with van der Waals surface area (Å²) in [6.07, 6.45) is 2.00. The van der Waals surface area contributed by atoms with Gasteiger partial charge in [0.15, 0.2) is 0 Å². The minimum Gasteiger partial charge on any atom is -0.468 e. The topological polar surface area (TPSA) is 73.5 Å². The van der Waals surface area contributed by atoms with Crippen molar-refractivity contribution in [3.8, 4) is 0 Å². The van der Waals surface area contributed by atoms with Crippen molar-refractivity contribution in [1.29, 1.82) is 0 Å². The highest BCUT2D eigenvalue weighted by Gasteiger charge is 2.30. The molecule has 1 aromatic carbocycles. The number of fused-ring (bicyclic) bond motifs is 1. The number of halogens is 1. The Morgan fingerprint density at radius 2 is 1.97 bits per heavy atom. The van der Waals surface area contributed by atoms with Crippen molar-refractivity contribution in [2.45, 2.75) is 46.2 Å². The van der Waals surface area contributed by atoms with Gasteiger partial charge >= 0.3 is 5.69 Å². The van der Waals surface area contributed by atoms with Crippen molar-refractivity contribution < 1.29 is 9.53 Å². The van der Waals surface area contributed by atoms with Gasteiger partial charge in [0.1, 0.15) is 0 Å². The standard InChI is InChI=1S/C24H30ClN3O4/c1-16(2)9-10-19-21-20(14-26(3)22(19)17-7-5-8-18(25)13-17)27(4)24(31)28(23(21)30)11-6-12-32-15-29/h5,7-8,13,15-16H,6,9-12,14H2,1-4H3. The van der Waals surface area contributed by atoms with E-state index in [9.17, 15) is 14.4 Å². The SMILES string of the molecule is CC(C)CCC1=C(c2cccc(Cl)c2)N(C)Cc2c1c(=O)n(CCCOC=O)c(=O)n2C. The largest absolute Gasteiger partial charge is 0.468 e. The maximum atomic E-state index is 13.6. The van der Waals surface area contributed by atoms with Crippen LogP contribution in [-0.2, 0) is 29.7 Å². The molecule has 7 nitrogen and oxygen atoms in total. The lowest BCUT2D eigenvalue weighted by molar-refractivity contribution is -0.128. The molecule has 1 aromatic heterocycles. The van der Waals surface area contributed by atoms with Crippen LogP contribution in [0, 0.1) is 5.92 Å². The molecule has 32 heavy (non-hydrogen) atoms. The van der Waals surface area contributed by atoms with Gasteiger partial charge in [0.2, 0.25) is 0 Å². The summed E-state index contributed by atoms with van der Waals surface area (Å²) in [6, 6.07) is 7.63. The average molecular weight is 460 g/mol. The molecule has 0 fully saturated rings. The van der Waals surface area contributed by atoms with Crippen LogP contribution in [0.2, 0.25) is 5.02 Å². The first kappa shape index (κ1) is 23.9. The van der Waals surface area contributed by atoms with E-state index >= 15 is 0 Å². The Hall–Kier alpha value is -2.80. The Kier molecular flexibility index (Phi) is 7.61. The minimum absolute atomic E-state index is 0.155. The van der Waals surface area contributed by atoms with Crippen LogP contribution in [0.1, 0.15) is 49.9 Å². The molecule has 1 aliphatic rings. The van der Waals surface area contributed by atoms with Gasteiger partial charge in [-0.1, -0.05) is 37.6 Å². The van der Waals surface area contributed by atoms with Gasteiger partial charge in [-0.2, -0.15) is 0 Å². The van der Waals surface area contributed by atoms with Crippen LogP contribution < -0.4 is 11.2 Å². The van der Waals surface area contributed by atoms with Crippen molar-refractivity contribution in [3.05, 3.63) is 66.9 Å². The predicted molar refractivity (Wildman–Crippen MR) is 126 cm³/mol. The number of carbonyl (C=O) groups is 1. The van der Waals surface area contributed by atoms with Crippen LogP contribution in [-0.4, -0.2) is 34.2 Å². The molecular formula is C24H30ClN3O4. The summed E-state index contributed by atoms with van der Waals surface area (Å²) in [5.74, 6) is 0.453. The number of hydrogen-bond donors (Lipinski definition) is 0. The van der Waals surface area contributed by atoms with Crippen molar-refractivity contribution in [3.63, 3.8) is 0 Å². The molecule has 0 N–H and O–H groups in total. The van der Waals surface area contributed by atoms with Gasteiger partial charge in [0.25, 0.3) is 12.0 Å². The van der Waals surface area contributed by atoms with Crippen molar-refractivity contribution >= 4 is 29.3 Å². The number of rotatable bonds is 9. The fourth-order valence-corrected chi connectivity index (χ4v) is 4.40. The highest BCUT2D eigenvalue weighted by atomic mass is 35.5. The molecule has 0 spiro atoms. The molecule has 3 rings (SSSR count). The third-order valence-electron chi connectivity index (χ3n) is 5.81. The molecule has 0 radical (unpaired) electrons. The third kappa shape index (κ3) is 4.83. The first-order valence-electron chi connectivity index (χ1n) is 10.8. The summed E-state index contributed by atoms with van der Waals surface area (Å²) in [4.78, 5) is 39.1. The predicted octanol–water partition coefficient (Wildman–Crippen LogP) is 3.51. The minimum atomic E-state index is -0.359. The quantitative estimate of drug-likeness (QED) is 0.423. The number of benzene rings is 1. The zero-order valence-corrected chi connectivity index (χ0v) is 19.8. The zero-order chi connectivity index (χ0) is 23.4. The Balaban J connectivity index is 2.24. The van der Waals surface area contributed by atoms with Crippen molar-refractivity contribution in [1.82, 2.24) is 14.0 Å². The Morgan fingerprint density at radius 3 is 2.62 bits per heavy atom. The molecule has 0 atom stereocenters. The van der Waals surface area contributed by atoms with E-state index in [0.29, 0.717) is 48.1 Å². The molecule has 0 aliphatic carbocycles. The third-order valence-corrected chi connectivity index (χ3v) is 6.04. The second-order valence-electron chi connectivity index (χ2n) is 8.57. The van der Waals surface area contributed by atoms with Gasteiger partial charge in [0.05, 0.1) is 24.4 Å². The number of aromatic nitrogens is 2. The second kappa shape index (κ2) is 10.2. The normalized spacial score (nSPS) is 13.5. The lowest BCUT2D eigenvalue weighted by atomic mass is 9.89. The van der Waals surface area contributed by atoms with Gasteiger partial charge < -0.3 is 9.64 Å². The summed E-state index contributed by atoms with van der Waals surface area (Å²) in [5, 5.41) is 0.630. The lowest BCUT2D eigenvalue weighted by Gasteiger charge is -2.34. The van der Waals surface area contributed by atoms with Gasteiger partial charge in [-0.05, 0) is 48.4 Å². The number of carbonyl (C=O) groups excluding carboxylic acids is 1. The Bertz CT molecular complexity index is 1150. The van der Waals surface area contributed by atoms with Crippen LogP contribution in [0.15, 0.2) is 33.9 Å². The first-order chi connectivity index (χ1) is 15.3. The van der Waals surface area contributed by atoms with Crippen LogP contribution in [0.25, 0.3) is 11.3 Å². The fourth-order valence-electron chi connectivity index (χ4n) is 4.21. The first-order valence-corrected chi connectivity index (χ1v) is 11.2. The summed E-state index contributed by atoms with van der Waals surface area (Å²) in [7, 11) is 3.68. The molecule has 8 heteroatoms. The molecule has 172 valence electrons. The fraction of sp³-hybridized carbons (Fsp3) is 0.458. The summed E-state index contributed by atoms with van der Waals surface area (Å²) >= 11 is 6.28. The van der Waals surface area contributed by atoms with E-state index < -0.39 is 0 Å². The van der Waals surface area contributed by atoms with Crippen LogP contribution in [0.4, 0.5) is 0 Å². The van der Waals surface area contributed by atoms with E-state index in [1.807, 2.05) is 31.3 Å². The highest BCUT2D eigenvalue weighted by molar-refractivity contribution is 6.30. The highest BCUT2D eigenvalue weighted by Crippen LogP contribution is 2.38. The zero-order valence-electron chi connectivity index (χ0n) is 19.1. The van der Waals surface area contributed by atoms with E-state index in [1.54, 1.807) is 11.6 Å². The molecule has 1 aliphatic heterocycles. The molecule has 0 amide bonds. The van der Waals surface area contributed by atoms with Crippen molar-refractivity contribution in [2.24, 2.45) is 13.0 Å². The average Bonchev–Trinajstić information content (AvgIpc) is 2.75. The maximum absolute atomic E-state index is 13.6. The van der Waals surface area contributed by atoms with E-state index in [4.69, 9.17) is 16.3 Å². The van der Waals surface area contributed by atoms with Crippen molar-refractivity contribution in [2.75, 3.05) is 13.7 Å². The van der Waals surface area contributed by atoms with Gasteiger partial charge in [-0.25, -0.2) is 4.79 Å². The van der Waals surface area contributed by atoms with Crippen LogP contribution in [0.3, 0.4) is 0 Å². The summed E-state index contributed by atoms with van der Waals surface area (Å²) in [6.45, 7) is 5.46. The van der Waals surface area contributed by atoms with E-state index in [-0.39, 0.29) is 24.4 Å². The Morgan fingerprint density at radius 1 is 1.22 bits per heavy atom. The van der Waals surface area contributed by atoms with E-state index in [0.717, 1.165) is 23.3 Å². The summed E-state index contributed by atoms with van der Waals surface area (Å²) < 4.78 is 7.55. The van der Waals surface area contributed by atoms with E-state index in [1.165, 1.54) is 4.57 Å². The summed E-state index contributed by atoms with van der Waals surface area (Å²) in [5.41, 5.74) is 3.51. The molecule has 2 aromatic rings. The molecule has 0 saturated carbocycles. The second-order valence-corrected chi connectivity index (χ2v) is 9.00. The van der Waals surface area contributed by atoms with Gasteiger partial charge in [0, 0.05) is 31.4 Å². The molecule has 0 saturated heterocycles. The smallest absolute Gasteiger partial charge is 0.331 e. The molecular weight excluding hydrogens is 430 g/mol. The van der Waals surface area contributed by atoms with Crippen LogP contribution in [0.5, 0.6) is 0 Å². The maximum Gasteiger partial charge on any atom is 0.331 e. The number of hydrogen-bond acceptors (Lipinski definition) is 5. The molecule has 0 unspecified atom stereocenters. The Labute approximate surface area is 192 Å². The van der Waals surface area contributed by atoms with Gasteiger partial charge in [-0.15, -0.1) is 0 Å². The lowest BCUT2D eigenvalue weighted by Crippen LogP contribution is -2.45. The van der Waals surface area contributed by atoms with E-state index in [2.05, 4.69) is 18.7 Å². The molecule has 2 heterocycles.